The van der Waals surface area contributed by atoms with E-state index < -0.39 is 113 Å². The summed E-state index contributed by atoms with van der Waals surface area (Å²) in [7, 11) is 0. The molecule has 3 aromatic rings. The van der Waals surface area contributed by atoms with Gasteiger partial charge >= 0.3 is 23.9 Å². The number of morpholine rings is 1. The Balaban J connectivity index is 0.000000679. The predicted molar refractivity (Wildman–Crippen MR) is 258 cm³/mol. The lowest BCUT2D eigenvalue weighted by Gasteiger charge is -2.67. The molecule has 3 aliphatic carbocycles. The van der Waals surface area contributed by atoms with Crippen LogP contribution in [0.2, 0.25) is 0 Å². The summed E-state index contributed by atoms with van der Waals surface area (Å²) >= 11 is 0. The van der Waals surface area contributed by atoms with Crippen molar-refractivity contribution in [1.82, 2.24) is 15.8 Å². The molecule has 3 aromatic carbocycles. The van der Waals surface area contributed by atoms with Crippen molar-refractivity contribution in [3.63, 3.8) is 0 Å². The highest BCUT2D eigenvalue weighted by Gasteiger charge is 2.78. The van der Waals surface area contributed by atoms with E-state index in [0.717, 1.165) is 46.7 Å². The predicted octanol–water partition coefficient (Wildman–Crippen LogP) is 3.97. The third-order valence-electron chi connectivity index (χ3n) is 15.1. The standard InChI is InChI=1S/C47H51NO14.C7H16N2O/c1-25-31(60-43(56)36(52)35(28-16-10-7-11-17-28)48-41(54)29-18-12-8-13-19-29)23-47(57)40(61-42(55)30-20-14-9-15-21-30)38-45(6,32(51)22-33-46(38,24-58-33)62-27(3)50)39(53)37(59-26(2)49)34(25)44(47,4)5;1-2-3-8-9-4-6-10-7-5-9/h7-21,31-33,35-38,40,51-52,57H,22-24H2,1-6H3,(H,48,54);8H,2-7H2,1H3/t31-,32-,33+,35-,36+,37+,38-,40-,45+,46-,47+;/m0./s1. The molecule has 2 aliphatic heterocycles. The summed E-state index contributed by atoms with van der Waals surface area (Å²) in [6.45, 7) is 15.0. The Morgan fingerprint density at radius 1 is 0.847 bits per heavy atom. The molecule has 18 heteroatoms. The Labute approximate surface area is 419 Å². The second-order valence-corrected chi connectivity index (χ2v) is 19.9. The molecule has 72 heavy (non-hydrogen) atoms. The molecule has 5 aliphatic rings. The fourth-order valence-corrected chi connectivity index (χ4v) is 11.2. The summed E-state index contributed by atoms with van der Waals surface area (Å²) in [5, 5.41) is 42.5. The molecule has 0 unspecified atom stereocenters. The number of nitrogens with one attached hydrogen (secondary N) is 2. The lowest BCUT2D eigenvalue weighted by Crippen LogP contribution is -2.82. The first-order chi connectivity index (χ1) is 34.2. The van der Waals surface area contributed by atoms with E-state index in [1.54, 1.807) is 92.7 Å². The lowest BCUT2D eigenvalue weighted by molar-refractivity contribution is -0.346. The zero-order valence-electron chi connectivity index (χ0n) is 41.8. The number of hydrogen-bond donors (Lipinski definition) is 5. The van der Waals surface area contributed by atoms with Gasteiger partial charge in [-0.1, -0.05) is 87.5 Å². The van der Waals surface area contributed by atoms with Crippen LogP contribution in [-0.4, -0.2) is 143 Å². The Morgan fingerprint density at radius 2 is 1.44 bits per heavy atom. The second-order valence-electron chi connectivity index (χ2n) is 19.9. The van der Waals surface area contributed by atoms with Crippen molar-refractivity contribution in [1.29, 1.82) is 0 Å². The van der Waals surface area contributed by atoms with Crippen molar-refractivity contribution in [3.05, 3.63) is 119 Å². The molecule has 4 fully saturated rings. The SMILES string of the molecule is CC(=O)O[C@H]1C(=O)[C@@]2(C)[C@H]([C@H](OC(=O)c3ccccc3)[C@]3(O)C[C@H](OC(=O)[C@H](O)[C@@H](NC(=O)c4ccccc4)c4ccccc4)C(C)=C1C3(C)C)[C@]1(OC(C)=O)CO[C@@H]1C[C@@H]2O.CCCNN1CCOCC1. The van der Waals surface area contributed by atoms with Crippen LogP contribution in [0.25, 0.3) is 0 Å². The van der Waals surface area contributed by atoms with Gasteiger partial charge < -0.3 is 49.1 Å². The number of esters is 4. The van der Waals surface area contributed by atoms with Gasteiger partial charge in [-0.3, -0.25) is 24.6 Å². The number of Topliss-reactive ketones (excluding diaryl/α,β-unsaturated/α-hetero) is 1. The molecule has 0 radical (unpaired) electrons. The monoisotopic (exact) mass is 997 g/mol. The topological polar surface area (TPSA) is 246 Å². The van der Waals surface area contributed by atoms with Crippen LogP contribution in [0, 0.1) is 16.7 Å². The highest BCUT2D eigenvalue weighted by molar-refractivity contribution is 5.96. The Hall–Kier alpha value is -5.86. The van der Waals surface area contributed by atoms with Gasteiger partial charge in [-0.2, -0.15) is 0 Å². The molecule has 2 bridgehead atoms. The van der Waals surface area contributed by atoms with Crippen molar-refractivity contribution in [3.8, 4) is 0 Å². The number of aliphatic hydroxyl groups is 3. The number of aliphatic hydroxyl groups excluding tert-OH is 2. The highest BCUT2D eigenvalue weighted by Crippen LogP contribution is 2.64. The first-order valence-electron chi connectivity index (χ1n) is 24.5. The van der Waals surface area contributed by atoms with Gasteiger partial charge in [0.2, 0.25) is 0 Å². The summed E-state index contributed by atoms with van der Waals surface area (Å²) in [6.07, 6.45) is -9.32. The van der Waals surface area contributed by atoms with Crippen molar-refractivity contribution < 1.29 is 72.5 Å². The van der Waals surface area contributed by atoms with E-state index in [2.05, 4.69) is 22.7 Å². The molecule has 2 heterocycles. The zero-order chi connectivity index (χ0) is 52.2. The fourth-order valence-electron chi connectivity index (χ4n) is 11.2. The van der Waals surface area contributed by atoms with Crippen LogP contribution < -0.4 is 10.7 Å². The number of benzene rings is 3. The van der Waals surface area contributed by atoms with Gasteiger partial charge in [-0.25, -0.2) is 14.6 Å². The smallest absolute Gasteiger partial charge is 0.338 e. The molecule has 5 N–H and O–H groups in total. The lowest BCUT2D eigenvalue weighted by atomic mass is 9.44. The van der Waals surface area contributed by atoms with Crippen LogP contribution in [0.15, 0.2) is 102 Å². The summed E-state index contributed by atoms with van der Waals surface area (Å²) in [5.74, 6) is -6.84. The maximum absolute atomic E-state index is 15.5. The number of nitrogens with zero attached hydrogens (tertiary/aromatic N) is 1. The maximum Gasteiger partial charge on any atom is 0.338 e. The summed E-state index contributed by atoms with van der Waals surface area (Å²) < 4.78 is 35.5. The van der Waals surface area contributed by atoms with Crippen molar-refractivity contribution in [2.75, 3.05) is 39.5 Å². The molecule has 2 saturated heterocycles. The molecule has 11 atom stereocenters. The van der Waals surface area contributed by atoms with Crippen LogP contribution in [0.3, 0.4) is 0 Å². The first kappa shape index (κ1) is 53.9. The van der Waals surface area contributed by atoms with Crippen LogP contribution in [0.5, 0.6) is 0 Å². The van der Waals surface area contributed by atoms with Gasteiger partial charge in [0, 0.05) is 57.3 Å². The molecule has 0 aromatic heterocycles. The molecule has 1 amide bonds. The number of carbonyl (C=O) groups excluding carboxylic acids is 6. The molecule has 388 valence electrons. The quantitative estimate of drug-likeness (QED) is 0.0924. The van der Waals surface area contributed by atoms with Crippen LogP contribution in [-0.2, 0) is 47.6 Å². The minimum atomic E-state index is -2.39. The maximum atomic E-state index is 15.5. The third-order valence-corrected chi connectivity index (χ3v) is 15.1. The molecule has 0 spiro atoms. The Kier molecular flexibility index (Phi) is 16.5. The minimum absolute atomic E-state index is 0.00289. The zero-order valence-corrected chi connectivity index (χ0v) is 41.8. The number of ether oxygens (including phenoxy) is 6. The van der Waals surface area contributed by atoms with E-state index in [1.165, 1.54) is 32.4 Å². The minimum Gasteiger partial charge on any atom is -0.456 e. The van der Waals surface area contributed by atoms with Crippen molar-refractivity contribution >= 4 is 35.6 Å². The molecular formula is C54H67N3O15. The van der Waals surface area contributed by atoms with Gasteiger partial charge in [-0.15, -0.1) is 0 Å². The molecule has 8 rings (SSSR count). The van der Waals surface area contributed by atoms with Gasteiger partial charge in [0.15, 0.2) is 23.6 Å². The van der Waals surface area contributed by atoms with Gasteiger partial charge in [0.25, 0.3) is 5.91 Å². The largest absolute Gasteiger partial charge is 0.456 e. The van der Waals surface area contributed by atoms with E-state index in [1.807, 2.05) is 0 Å². The number of hydrogen-bond acceptors (Lipinski definition) is 17. The summed E-state index contributed by atoms with van der Waals surface area (Å²) in [4.78, 5) is 83.5. The van der Waals surface area contributed by atoms with Crippen LogP contribution in [0.1, 0.15) is 100 Å². The Bertz CT molecular complexity index is 2480. The number of ketones is 1. The highest BCUT2D eigenvalue weighted by atomic mass is 16.6. The Morgan fingerprint density at radius 3 is 2.00 bits per heavy atom. The third kappa shape index (κ3) is 10.4. The fraction of sp³-hybridized carbons (Fsp3) is 0.519. The average molecular weight is 998 g/mol. The van der Waals surface area contributed by atoms with E-state index in [-0.39, 0.29) is 35.3 Å². The van der Waals surface area contributed by atoms with Crippen LogP contribution >= 0.6 is 0 Å². The van der Waals surface area contributed by atoms with Gasteiger partial charge in [-0.05, 0) is 61.2 Å². The van der Waals surface area contributed by atoms with E-state index in [0.29, 0.717) is 5.56 Å². The number of hydrazine groups is 1. The van der Waals surface area contributed by atoms with Crippen LogP contribution in [0.4, 0.5) is 0 Å². The van der Waals surface area contributed by atoms with Crippen molar-refractivity contribution in [2.45, 2.75) is 122 Å². The van der Waals surface area contributed by atoms with E-state index in [4.69, 9.17) is 28.4 Å². The summed E-state index contributed by atoms with van der Waals surface area (Å²) in [6, 6.07) is 22.9. The molecular weight excluding hydrogens is 931 g/mol. The normalized spacial score (nSPS) is 30.4. The summed E-state index contributed by atoms with van der Waals surface area (Å²) in [5.41, 5.74) is -3.69. The van der Waals surface area contributed by atoms with E-state index in [9.17, 15) is 39.3 Å². The first-order valence-corrected chi connectivity index (χ1v) is 24.5. The second kappa shape index (κ2) is 22.1. The number of rotatable bonds is 13. The number of carbonyl (C=O) groups is 6. The molecule has 18 nitrogen and oxygen atoms in total. The van der Waals surface area contributed by atoms with Gasteiger partial charge in [0.1, 0.15) is 23.9 Å². The van der Waals surface area contributed by atoms with Gasteiger partial charge in [0.05, 0.1) is 48.9 Å². The number of amides is 1. The van der Waals surface area contributed by atoms with E-state index >= 15 is 4.79 Å². The average Bonchev–Trinajstić information content (AvgIpc) is 3.36. The molecule has 2 saturated carbocycles. The van der Waals surface area contributed by atoms with Crippen molar-refractivity contribution in [2.24, 2.45) is 16.7 Å². The number of fused-ring (bicyclic) bond motifs is 5.